The summed E-state index contributed by atoms with van der Waals surface area (Å²) in [5.41, 5.74) is 0.321. The van der Waals surface area contributed by atoms with Gasteiger partial charge in [-0.05, 0) is 32.0 Å². The molecule has 0 aromatic heterocycles. The van der Waals surface area contributed by atoms with Crippen molar-refractivity contribution in [2.45, 2.75) is 32.7 Å². The van der Waals surface area contributed by atoms with Crippen LogP contribution >= 0.6 is 11.6 Å². The van der Waals surface area contributed by atoms with Crippen LogP contribution in [0.3, 0.4) is 0 Å². The zero-order valence-corrected chi connectivity index (χ0v) is 17.2. The third kappa shape index (κ3) is 5.97. The number of nitrogens with one attached hydrogen (secondary N) is 1. The Balaban J connectivity index is 2.04. The van der Waals surface area contributed by atoms with E-state index < -0.39 is 28.3 Å². The standard InChI is InChI=1S/C17H25ClN2O6S/c1-4-24-16(25-5-2)8-9-19-17(21)15-11-20(27(3,22)23)13-10-12(18)6-7-14(13)26-15/h6-7,10,15-16H,4-5,8-9,11H2,1-3H3,(H,19,21)/t15-/m0/s1. The Labute approximate surface area is 164 Å². The van der Waals surface area contributed by atoms with Gasteiger partial charge in [0.2, 0.25) is 10.0 Å². The van der Waals surface area contributed by atoms with Gasteiger partial charge in [0.05, 0.1) is 18.5 Å². The lowest BCUT2D eigenvalue weighted by atomic mass is 10.2. The van der Waals surface area contributed by atoms with Crippen LogP contribution in [0.4, 0.5) is 5.69 Å². The summed E-state index contributed by atoms with van der Waals surface area (Å²) < 4.78 is 41.9. The molecule has 0 aliphatic carbocycles. The van der Waals surface area contributed by atoms with E-state index in [0.29, 0.717) is 36.9 Å². The number of amides is 1. The Bertz CT molecular complexity index is 752. The van der Waals surface area contributed by atoms with Gasteiger partial charge in [-0.3, -0.25) is 9.10 Å². The van der Waals surface area contributed by atoms with E-state index in [-0.39, 0.29) is 12.3 Å². The first-order valence-electron chi connectivity index (χ1n) is 8.71. The van der Waals surface area contributed by atoms with E-state index >= 15 is 0 Å². The molecule has 1 aliphatic heterocycles. The first kappa shape index (κ1) is 21.7. The average Bonchev–Trinajstić information content (AvgIpc) is 2.60. The van der Waals surface area contributed by atoms with Crippen molar-refractivity contribution < 1.29 is 27.4 Å². The Morgan fingerprint density at radius 3 is 2.63 bits per heavy atom. The van der Waals surface area contributed by atoms with Gasteiger partial charge in [-0.1, -0.05) is 11.6 Å². The maximum Gasteiger partial charge on any atom is 0.263 e. The van der Waals surface area contributed by atoms with Crippen LogP contribution in [0.15, 0.2) is 18.2 Å². The molecule has 27 heavy (non-hydrogen) atoms. The minimum Gasteiger partial charge on any atom is -0.476 e. The van der Waals surface area contributed by atoms with Crippen molar-refractivity contribution in [3.05, 3.63) is 23.2 Å². The molecule has 0 saturated carbocycles. The molecule has 0 radical (unpaired) electrons. The van der Waals surface area contributed by atoms with Crippen LogP contribution in [0.1, 0.15) is 20.3 Å². The normalized spacial score (nSPS) is 16.8. The molecule has 0 spiro atoms. The van der Waals surface area contributed by atoms with Crippen molar-refractivity contribution in [2.75, 3.05) is 36.9 Å². The van der Waals surface area contributed by atoms with Gasteiger partial charge in [0.25, 0.3) is 5.91 Å². The van der Waals surface area contributed by atoms with Gasteiger partial charge in [0.1, 0.15) is 5.75 Å². The molecular formula is C17H25ClN2O6S. The number of nitrogens with zero attached hydrogens (tertiary/aromatic N) is 1. The first-order chi connectivity index (χ1) is 12.8. The lowest BCUT2D eigenvalue weighted by Gasteiger charge is -2.34. The van der Waals surface area contributed by atoms with E-state index in [2.05, 4.69) is 5.32 Å². The molecule has 8 nitrogen and oxygen atoms in total. The summed E-state index contributed by atoms with van der Waals surface area (Å²) in [5, 5.41) is 3.12. The lowest BCUT2D eigenvalue weighted by molar-refractivity contribution is -0.140. The summed E-state index contributed by atoms with van der Waals surface area (Å²) >= 11 is 5.96. The molecule has 1 amide bonds. The SMILES string of the molecule is CCOC(CCNC(=O)[C@@H]1CN(S(C)(=O)=O)c2cc(Cl)ccc2O1)OCC. The van der Waals surface area contributed by atoms with Crippen molar-refractivity contribution in [1.82, 2.24) is 5.32 Å². The molecule has 1 aromatic rings. The molecular weight excluding hydrogens is 396 g/mol. The van der Waals surface area contributed by atoms with Crippen LogP contribution in [-0.2, 0) is 24.3 Å². The Morgan fingerprint density at radius 2 is 2.04 bits per heavy atom. The number of anilines is 1. The maximum atomic E-state index is 12.5. The molecule has 1 heterocycles. The average molecular weight is 421 g/mol. The van der Waals surface area contributed by atoms with Crippen LogP contribution < -0.4 is 14.4 Å². The number of hydrogen-bond acceptors (Lipinski definition) is 6. The monoisotopic (exact) mass is 420 g/mol. The Kier molecular flexibility index (Phi) is 7.72. The third-order valence-corrected chi connectivity index (χ3v) is 5.25. The van der Waals surface area contributed by atoms with Gasteiger partial charge >= 0.3 is 0 Å². The summed E-state index contributed by atoms with van der Waals surface area (Å²) in [6.07, 6.45) is 0.184. The smallest absolute Gasteiger partial charge is 0.263 e. The summed E-state index contributed by atoms with van der Waals surface area (Å²) in [5.74, 6) is -0.117. The van der Waals surface area contributed by atoms with E-state index in [0.717, 1.165) is 10.6 Å². The number of halogens is 1. The first-order valence-corrected chi connectivity index (χ1v) is 10.9. The molecule has 0 saturated heterocycles. The molecule has 0 bridgehead atoms. The number of ether oxygens (including phenoxy) is 3. The minimum atomic E-state index is -3.60. The zero-order valence-electron chi connectivity index (χ0n) is 15.6. The van der Waals surface area contributed by atoms with Crippen molar-refractivity contribution >= 4 is 33.2 Å². The van der Waals surface area contributed by atoms with Crippen LogP contribution in [0.2, 0.25) is 5.02 Å². The fourth-order valence-electron chi connectivity index (χ4n) is 2.69. The molecule has 1 N–H and O–H groups in total. The van der Waals surface area contributed by atoms with Crippen molar-refractivity contribution in [3.63, 3.8) is 0 Å². The molecule has 0 fully saturated rings. The summed E-state index contributed by atoms with van der Waals surface area (Å²) in [7, 11) is -3.60. The molecule has 10 heteroatoms. The van der Waals surface area contributed by atoms with E-state index in [1.807, 2.05) is 13.8 Å². The predicted molar refractivity (Wildman–Crippen MR) is 103 cm³/mol. The van der Waals surface area contributed by atoms with Gasteiger partial charge in [-0.15, -0.1) is 0 Å². The molecule has 1 aromatic carbocycles. The van der Waals surface area contributed by atoms with E-state index in [1.165, 1.54) is 6.07 Å². The molecule has 152 valence electrons. The molecule has 0 unspecified atom stereocenters. The highest BCUT2D eigenvalue weighted by Crippen LogP contribution is 2.37. The van der Waals surface area contributed by atoms with E-state index in [1.54, 1.807) is 12.1 Å². The number of sulfonamides is 1. The second kappa shape index (κ2) is 9.59. The highest BCUT2D eigenvalue weighted by molar-refractivity contribution is 7.92. The summed E-state index contributed by atoms with van der Waals surface area (Å²) in [6, 6.07) is 4.63. The van der Waals surface area contributed by atoms with Gasteiger partial charge < -0.3 is 19.5 Å². The van der Waals surface area contributed by atoms with Gasteiger partial charge in [0, 0.05) is 31.2 Å². The molecule has 2 rings (SSSR count). The van der Waals surface area contributed by atoms with Crippen LogP contribution in [0.5, 0.6) is 5.75 Å². The predicted octanol–water partition coefficient (Wildman–Crippen LogP) is 1.77. The van der Waals surface area contributed by atoms with Crippen molar-refractivity contribution in [3.8, 4) is 5.75 Å². The fourth-order valence-corrected chi connectivity index (χ4v) is 3.76. The topological polar surface area (TPSA) is 94.2 Å². The van der Waals surface area contributed by atoms with Crippen LogP contribution in [-0.4, -0.2) is 59.3 Å². The summed E-state index contributed by atoms with van der Waals surface area (Å²) in [6.45, 7) is 4.93. The minimum absolute atomic E-state index is 0.127. The van der Waals surface area contributed by atoms with Crippen molar-refractivity contribution in [2.24, 2.45) is 0 Å². The Hall–Kier alpha value is -1.55. The largest absolute Gasteiger partial charge is 0.476 e. The number of carbonyl (C=O) groups excluding carboxylic acids is 1. The quantitative estimate of drug-likeness (QED) is 0.612. The zero-order chi connectivity index (χ0) is 20.0. The number of hydrogen-bond donors (Lipinski definition) is 1. The van der Waals surface area contributed by atoms with E-state index in [4.69, 9.17) is 25.8 Å². The lowest BCUT2D eigenvalue weighted by Crippen LogP contribution is -2.50. The Morgan fingerprint density at radius 1 is 1.37 bits per heavy atom. The van der Waals surface area contributed by atoms with Gasteiger partial charge in [-0.2, -0.15) is 0 Å². The number of rotatable bonds is 9. The highest BCUT2D eigenvalue weighted by Gasteiger charge is 2.35. The number of fused-ring (bicyclic) bond motifs is 1. The van der Waals surface area contributed by atoms with E-state index in [9.17, 15) is 13.2 Å². The maximum absolute atomic E-state index is 12.5. The van der Waals surface area contributed by atoms with Crippen LogP contribution in [0, 0.1) is 0 Å². The van der Waals surface area contributed by atoms with Gasteiger partial charge in [0.15, 0.2) is 12.4 Å². The molecule has 1 atom stereocenters. The van der Waals surface area contributed by atoms with Crippen molar-refractivity contribution in [1.29, 1.82) is 0 Å². The second-order valence-electron chi connectivity index (χ2n) is 5.93. The van der Waals surface area contributed by atoms with Gasteiger partial charge in [-0.25, -0.2) is 8.42 Å². The second-order valence-corrected chi connectivity index (χ2v) is 8.28. The number of benzene rings is 1. The molecule has 1 aliphatic rings. The number of carbonyl (C=O) groups is 1. The fraction of sp³-hybridized carbons (Fsp3) is 0.588. The third-order valence-electron chi connectivity index (χ3n) is 3.87. The highest BCUT2D eigenvalue weighted by atomic mass is 35.5. The summed E-state index contributed by atoms with van der Waals surface area (Å²) in [4.78, 5) is 12.5. The van der Waals surface area contributed by atoms with Crippen LogP contribution in [0.25, 0.3) is 0 Å².